The Kier molecular flexibility index (Phi) is 4.83. The molecule has 0 heterocycles. The van der Waals surface area contributed by atoms with E-state index in [4.69, 9.17) is 9.47 Å². The van der Waals surface area contributed by atoms with Gasteiger partial charge in [0.25, 0.3) is 0 Å². The van der Waals surface area contributed by atoms with Gasteiger partial charge in [0, 0.05) is 13.2 Å². The van der Waals surface area contributed by atoms with Crippen LogP contribution in [0.5, 0.6) is 5.75 Å². The molecular formula is C16H25NO2. The Labute approximate surface area is 116 Å². The molecule has 0 spiro atoms. The van der Waals surface area contributed by atoms with Crippen LogP contribution in [0.25, 0.3) is 0 Å². The average molecular weight is 263 g/mol. The van der Waals surface area contributed by atoms with Gasteiger partial charge in [-0.2, -0.15) is 0 Å². The Balaban J connectivity index is 2.02. The van der Waals surface area contributed by atoms with Gasteiger partial charge in [0.15, 0.2) is 0 Å². The maximum Gasteiger partial charge on any atom is 0.122 e. The molecule has 0 bridgehead atoms. The summed E-state index contributed by atoms with van der Waals surface area (Å²) in [4.78, 5) is 0. The van der Waals surface area contributed by atoms with Crippen LogP contribution >= 0.6 is 0 Å². The van der Waals surface area contributed by atoms with E-state index in [2.05, 4.69) is 17.4 Å². The van der Waals surface area contributed by atoms with Crippen molar-refractivity contribution in [2.45, 2.75) is 43.7 Å². The van der Waals surface area contributed by atoms with Crippen LogP contribution in [-0.2, 0) is 11.2 Å². The number of hydrogen-bond acceptors (Lipinski definition) is 3. The zero-order chi connectivity index (χ0) is 13.7. The standard InChI is InChI=1S/C16H25NO2/c1-17-14(12-16(19-3)9-6-10-16)11-13-7-4-5-8-15(13)18-2/h4-5,7-8,14,17H,6,9-12H2,1-3H3. The van der Waals surface area contributed by atoms with Crippen LogP contribution in [0.2, 0.25) is 0 Å². The van der Waals surface area contributed by atoms with Crippen molar-refractivity contribution in [1.29, 1.82) is 0 Å². The van der Waals surface area contributed by atoms with Gasteiger partial charge in [-0.05, 0) is 50.8 Å². The highest BCUT2D eigenvalue weighted by Crippen LogP contribution is 2.39. The second-order valence-corrected chi connectivity index (χ2v) is 5.45. The summed E-state index contributed by atoms with van der Waals surface area (Å²) in [7, 11) is 5.60. The monoisotopic (exact) mass is 263 g/mol. The zero-order valence-corrected chi connectivity index (χ0v) is 12.2. The fraction of sp³-hybridized carbons (Fsp3) is 0.625. The van der Waals surface area contributed by atoms with Crippen LogP contribution < -0.4 is 10.1 Å². The smallest absolute Gasteiger partial charge is 0.122 e. The van der Waals surface area contributed by atoms with Gasteiger partial charge in [-0.3, -0.25) is 0 Å². The zero-order valence-electron chi connectivity index (χ0n) is 12.2. The van der Waals surface area contributed by atoms with E-state index in [1.54, 1.807) is 7.11 Å². The third-order valence-electron chi connectivity index (χ3n) is 4.38. The molecule has 1 fully saturated rings. The minimum atomic E-state index is 0.107. The number of methoxy groups -OCH3 is 2. The van der Waals surface area contributed by atoms with Crippen LogP contribution in [0.3, 0.4) is 0 Å². The fourth-order valence-corrected chi connectivity index (χ4v) is 2.93. The first kappa shape index (κ1) is 14.4. The van der Waals surface area contributed by atoms with Gasteiger partial charge in [-0.25, -0.2) is 0 Å². The highest BCUT2D eigenvalue weighted by Gasteiger charge is 2.38. The van der Waals surface area contributed by atoms with Crippen LogP contribution in [0.1, 0.15) is 31.2 Å². The van der Waals surface area contributed by atoms with Crippen LogP contribution in [0, 0.1) is 0 Å². The normalized spacial score (nSPS) is 18.7. The molecule has 1 aromatic carbocycles. The molecule has 0 aromatic heterocycles. The Morgan fingerprint density at radius 2 is 2.00 bits per heavy atom. The van der Waals surface area contributed by atoms with E-state index in [9.17, 15) is 0 Å². The molecule has 1 aromatic rings. The molecule has 0 saturated heterocycles. The minimum absolute atomic E-state index is 0.107. The number of likely N-dealkylation sites (N-methyl/N-ethyl adjacent to an activating group) is 1. The molecule has 1 aliphatic rings. The maximum atomic E-state index is 5.73. The van der Waals surface area contributed by atoms with Crippen molar-refractivity contribution >= 4 is 0 Å². The van der Waals surface area contributed by atoms with Crippen molar-refractivity contribution in [3.63, 3.8) is 0 Å². The molecule has 2 rings (SSSR count). The summed E-state index contributed by atoms with van der Waals surface area (Å²) in [5.74, 6) is 0.975. The molecule has 3 heteroatoms. The van der Waals surface area contributed by atoms with Gasteiger partial charge in [-0.15, -0.1) is 0 Å². The summed E-state index contributed by atoms with van der Waals surface area (Å²) in [6.45, 7) is 0. The third-order valence-corrected chi connectivity index (χ3v) is 4.38. The highest BCUT2D eigenvalue weighted by atomic mass is 16.5. The summed E-state index contributed by atoms with van der Waals surface area (Å²) in [6, 6.07) is 8.68. The van der Waals surface area contributed by atoms with Gasteiger partial charge in [0.2, 0.25) is 0 Å². The molecule has 19 heavy (non-hydrogen) atoms. The molecular weight excluding hydrogens is 238 g/mol. The van der Waals surface area contributed by atoms with Crippen molar-refractivity contribution in [2.24, 2.45) is 0 Å². The second kappa shape index (κ2) is 6.40. The SMILES string of the molecule is CNC(Cc1ccccc1OC)CC1(OC)CCC1. The Bertz CT molecular complexity index is 396. The minimum Gasteiger partial charge on any atom is -0.496 e. The first-order valence-corrected chi connectivity index (χ1v) is 7.07. The molecule has 106 valence electrons. The van der Waals surface area contributed by atoms with Crippen molar-refractivity contribution in [3.8, 4) is 5.75 Å². The first-order valence-electron chi connectivity index (χ1n) is 7.07. The van der Waals surface area contributed by atoms with Gasteiger partial charge in [0.05, 0.1) is 12.7 Å². The number of ether oxygens (including phenoxy) is 2. The van der Waals surface area contributed by atoms with E-state index >= 15 is 0 Å². The number of rotatable bonds is 7. The lowest BCUT2D eigenvalue weighted by molar-refractivity contribution is -0.0830. The lowest BCUT2D eigenvalue weighted by atomic mass is 9.75. The van der Waals surface area contributed by atoms with E-state index in [1.807, 2.05) is 26.3 Å². The summed E-state index contributed by atoms with van der Waals surface area (Å²) in [5.41, 5.74) is 1.37. The molecule has 1 unspecified atom stereocenters. The van der Waals surface area contributed by atoms with E-state index in [0.29, 0.717) is 6.04 Å². The quantitative estimate of drug-likeness (QED) is 0.820. The second-order valence-electron chi connectivity index (χ2n) is 5.45. The van der Waals surface area contributed by atoms with Crippen LogP contribution in [-0.4, -0.2) is 32.9 Å². The Hall–Kier alpha value is -1.06. The fourth-order valence-electron chi connectivity index (χ4n) is 2.93. The molecule has 0 amide bonds. The predicted octanol–water partition coefficient (Wildman–Crippen LogP) is 2.78. The van der Waals surface area contributed by atoms with E-state index < -0.39 is 0 Å². The van der Waals surface area contributed by atoms with E-state index in [0.717, 1.165) is 18.6 Å². The van der Waals surface area contributed by atoms with Crippen molar-refractivity contribution in [1.82, 2.24) is 5.32 Å². The maximum absolute atomic E-state index is 5.73. The molecule has 1 saturated carbocycles. The van der Waals surface area contributed by atoms with Crippen LogP contribution in [0.4, 0.5) is 0 Å². The van der Waals surface area contributed by atoms with Crippen LogP contribution in [0.15, 0.2) is 24.3 Å². The van der Waals surface area contributed by atoms with Crippen molar-refractivity contribution in [3.05, 3.63) is 29.8 Å². The summed E-state index contributed by atoms with van der Waals surface area (Å²) >= 11 is 0. The molecule has 1 atom stereocenters. The number of nitrogens with one attached hydrogen (secondary N) is 1. The van der Waals surface area contributed by atoms with Gasteiger partial charge in [-0.1, -0.05) is 18.2 Å². The average Bonchev–Trinajstić information content (AvgIpc) is 2.42. The summed E-state index contributed by atoms with van der Waals surface area (Å²) in [5, 5.41) is 3.42. The highest BCUT2D eigenvalue weighted by molar-refractivity contribution is 5.33. The summed E-state index contributed by atoms with van der Waals surface area (Å²) in [6.07, 6.45) is 5.71. The number of hydrogen-bond donors (Lipinski definition) is 1. The van der Waals surface area contributed by atoms with E-state index in [1.165, 1.54) is 24.8 Å². The first-order chi connectivity index (χ1) is 9.23. The Morgan fingerprint density at radius 3 is 2.53 bits per heavy atom. The largest absolute Gasteiger partial charge is 0.496 e. The molecule has 0 aliphatic heterocycles. The number of para-hydroxylation sites is 1. The lowest BCUT2D eigenvalue weighted by Crippen LogP contribution is -2.45. The predicted molar refractivity (Wildman–Crippen MR) is 77.8 cm³/mol. The van der Waals surface area contributed by atoms with Crippen molar-refractivity contribution in [2.75, 3.05) is 21.3 Å². The summed E-state index contributed by atoms with van der Waals surface area (Å²) < 4.78 is 11.2. The van der Waals surface area contributed by atoms with Crippen molar-refractivity contribution < 1.29 is 9.47 Å². The molecule has 0 radical (unpaired) electrons. The van der Waals surface area contributed by atoms with Gasteiger partial charge < -0.3 is 14.8 Å². The molecule has 1 N–H and O–H groups in total. The van der Waals surface area contributed by atoms with E-state index in [-0.39, 0.29) is 5.60 Å². The lowest BCUT2D eigenvalue weighted by Gasteiger charge is -2.43. The number of benzene rings is 1. The Morgan fingerprint density at radius 1 is 1.26 bits per heavy atom. The molecule has 3 nitrogen and oxygen atoms in total. The third kappa shape index (κ3) is 3.28. The van der Waals surface area contributed by atoms with Gasteiger partial charge >= 0.3 is 0 Å². The van der Waals surface area contributed by atoms with Gasteiger partial charge in [0.1, 0.15) is 5.75 Å². The molecule has 1 aliphatic carbocycles. The topological polar surface area (TPSA) is 30.5 Å².